The number of hydrogen-bond acceptors (Lipinski definition) is 3. The molecular formula is C21H23Cl2NO3. The fourth-order valence-electron chi connectivity index (χ4n) is 3.75. The maximum absolute atomic E-state index is 11.9. The summed E-state index contributed by atoms with van der Waals surface area (Å²) in [6.07, 6.45) is 2.50. The third kappa shape index (κ3) is 4.40. The average Bonchev–Trinajstić information content (AvgIpc) is 2.66. The van der Waals surface area contributed by atoms with Gasteiger partial charge in [0.05, 0.1) is 22.7 Å². The first-order chi connectivity index (χ1) is 13.0. The molecule has 0 aromatic heterocycles. The number of ether oxygens (including phenoxy) is 1. The summed E-state index contributed by atoms with van der Waals surface area (Å²) >= 11 is 12.4. The van der Waals surface area contributed by atoms with E-state index in [4.69, 9.17) is 27.9 Å². The van der Waals surface area contributed by atoms with Gasteiger partial charge in [-0.15, -0.1) is 0 Å². The molecule has 1 saturated heterocycles. The summed E-state index contributed by atoms with van der Waals surface area (Å²) in [6, 6.07) is 12.5. The van der Waals surface area contributed by atoms with Crippen molar-refractivity contribution in [2.75, 3.05) is 13.2 Å². The Bertz CT molecular complexity index is 812. The molecule has 2 atom stereocenters. The number of carbonyl (C=O) groups is 1. The SMILES string of the molecule is CCOc1ccccc1C(c1ccc(Cl)c(Cl)c1)N1CCCCC1C(=O)O. The first kappa shape index (κ1) is 20.0. The van der Waals surface area contributed by atoms with E-state index in [1.54, 1.807) is 6.07 Å². The van der Waals surface area contributed by atoms with Crippen LogP contribution in [0, 0.1) is 0 Å². The van der Waals surface area contributed by atoms with Crippen LogP contribution in [-0.2, 0) is 4.79 Å². The maximum Gasteiger partial charge on any atom is 0.320 e. The second kappa shape index (κ2) is 8.96. The first-order valence-electron chi connectivity index (χ1n) is 9.18. The third-order valence-electron chi connectivity index (χ3n) is 4.93. The number of carboxylic acids is 1. The van der Waals surface area contributed by atoms with Gasteiger partial charge in [-0.1, -0.05) is 53.9 Å². The molecule has 2 aromatic rings. The molecule has 0 saturated carbocycles. The number of rotatable bonds is 6. The van der Waals surface area contributed by atoms with E-state index in [0.29, 0.717) is 29.6 Å². The van der Waals surface area contributed by atoms with Crippen molar-refractivity contribution < 1.29 is 14.6 Å². The molecule has 6 heteroatoms. The number of benzene rings is 2. The quantitative estimate of drug-likeness (QED) is 0.694. The van der Waals surface area contributed by atoms with E-state index >= 15 is 0 Å². The largest absolute Gasteiger partial charge is 0.494 e. The second-order valence-electron chi connectivity index (χ2n) is 6.63. The predicted molar refractivity (Wildman–Crippen MR) is 108 cm³/mol. The maximum atomic E-state index is 11.9. The molecule has 1 fully saturated rings. The Hall–Kier alpha value is -1.75. The van der Waals surface area contributed by atoms with Crippen LogP contribution >= 0.6 is 23.2 Å². The Morgan fingerprint density at radius 1 is 1.22 bits per heavy atom. The lowest BCUT2D eigenvalue weighted by atomic mass is 9.91. The van der Waals surface area contributed by atoms with E-state index in [2.05, 4.69) is 0 Å². The van der Waals surface area contributed by atoms with Crippen LogP contribution in [-0.4, -0.2) is 35.2 Å². The highest BCUT2D eigenvalue weighted by Gasteiger charge is 2.36. The highest BCUT2D eigenvalue weighted by molar-refractivity contribution is 6.42. The number of likely N-dealkylation sites (tertiary alicyclic amines) is 1. The zero-order valence-corrected chi connectivity index (χ0v) is 16.7. The summed E-state index contributed by atoms with van der Waals surface area (Å²) in [5.41, 5.74) is 1.84. The minimum absolute atomic E-state index is 0.274. The smallest absolute Gasteiger partial charge is 0.320 e. The Morgan fingerprint density at radius 3 is 2.70 bits per heavy atom. The highest BCUT2D eigenvalue weighted by atomic mass is 35.5. The second-order valence-corrected chi connectivity index (χ2v) is 7.45. The molecule has 0 amide bonds. The zero-order valence-electron chi connectivity index (χ0n) is 15.2. The van der Waals surface area contributed by atoms with E-state index in [1.807, 2.05) is 48.2 Å². The van der Waals surface area contributed by atoms with Gasteiger partial charge < -0.3 is 9.84 Å². The van der Waals surface area contributed by atoms with Gasteiger partial charge in [0.2, 0.25) is 0 Å². The lowest BCUT2D eigenvalue weighted by Crippen LogP contribution is -2.46. The molecule has 0 aliphatic carbocycles. The molecule has 4 nitrogen and oxygen atoms in total. The van der Waals surface area contributed by atoms with Crippen LogP contribution in [0.3, 0.4) is 0 Å². The van der Waals surface area contributed by atoms with E-state index in [0.717, 1.165) is 29.7 Å². The first-order valence-corrected chi connectivity index (χ1v) is 9.93. The summed E-state index contributed by atoms with van der Waals surface area (Å²) in [5.74, 6) is -0.0422. The van der Waals surface area contributed by atoms with Crippen molar-refractivity contribution in [3.8, 4) is 5.75 Å². The van der Waals surface area contributed by atoms with Gasteiger partial charge in [0.15, 0.2) is 0 Å². The number of hydrogen-bond donors (Lipinski definition) is 1. The highest BCUT2D eigenvalue weighted by Crippen LogP contribution is 2.40. The topological polar surface area (TPSA) is 49.8 Å². The van der Waals surface area contributed by atoms with Crippen LogP contribution in [0.5, 0.6) is 5.75 Å². The van der Waals surface area contributed by atoms with Gasteiger partial charge in [-0.25, -0.2) is 0 Å². The molecule has 3 rings (SSSR count). The number of para-hydroxylation sites is 1. The van der Waals surface area contributed by atoms with Crippen LogP contribution in [0.4, 0.5) is 0 Å². The fraction of sp³-hybridized carbons (Fsp3) is 0.381. The van der Waals surface area contributed by atoms with Gasteiger partial charge >= 0.3 is 5.97 Å². The molecule has 2 unspecified atom stereocenters. The van der Waals surface area contributed by atoms with Crippen molar-refractivity contribution in [2.45, 2.75) is 38.3 Å². The third-order valence-corrected chi connectivity index (χ3v) is 5.67. The van der Waals surface area contributed by atoms with E-state index in [1.165, 1.54) is 0 Å². The molecule has 144 valence electrons. The minimum atomic E-state index is -0.798. The Balaban J connectivity index is 2.14. The zero-order chi connectivity index (χ0) is 19.4. The van der Waals surface area contributed by atoms with Gasteiger partial charge in [0.25, 0.3) is 0 Å². The van der Waals surface area contributed by atoms with Crippen molar-refractivity contribution in [1.29, 1.82) is 0 Å². The number of halogens is 2. The van der Waals surface area contributed by atoms with Crippen LogP contribution in [0.15, 0.2) is 42.5 Å². The summed E-state index contributed by atoms with van der Waals surface area (Å²) < 4.78 is 5.85. The molecule has 0 spiro atoms. The van der Waals surface area contributed by atoms with Crippen LogP contribution in [0.25, 0.3) is 0 Å². The van der Waals surface area contributed by atoms with E-state index in [-0.39, 0.29) is 6.04 Å². The molecule has 1 aliphatic rings. The van der Waals surface area contributed by atoms with Crippen LogP contribution in [0.2, 0.25) is 10.0 Å². The molecule has 0 radical (unpaired) electrons. The number of carboxylic acid groups (broad SMARTS) is 1. The van der Waals surface area contributed by atoms with E-state index < -0.39 is 12.0 Å². The average molecular weight is 408 g/mol. The number of piperidine rings is 1. The van der Waals surface area contributed by atoms with Crippen LogP contribution in [0.1, 0.15) is 43.4 Å². The van der Waals surface area contributed by atoms with Gasteiger partial charge in [0, 0.05) is 5.56 Å². The minimum Gasteiger partial charge on any atom is -0.494 e. The molecule has 1 aliphatic heterocycles. The van der Waals surface area contributed by atoms with Crippen molar-refractivity contribution in [3.63, 3.8) is 0 Å². The Kier molecular flexibility index (Phi) is 6.64. The Labute approximate surface area is 169 Å². The van der Waals surface area contributed by atoms with Gasteiger partial charge in [-0.3, -0.25) is 9.69 Å². The summed E-state index contributed by atoms with van der Waals surface area (Å²) in [6.45, 7) is 3.17. The molecule has 27 heavy (non-hydrogen) atoms. The molecular weight excluding hydrogens is 385 g/mol. The summed E-state index contributed by atoms with van der Waals surface area (Å²) in [4.78, 5) is 14.0. The van der Waals surface area contributed by atoms with Crippen LogP contribution < -0.4 is 4.74 Å². The normalized spacial score (nSPS) is 18.9. The number of nitrogens with zero attached hydrogens (tertiary/aromatic N) is 1. The lowest BCUT2D eigenvalue weighted by Gasteiger charge is -2.40. The predicted octanol–water partition coefficient (Wildman–Crippen LogP) is 5.42. The van der Waals surface area contributed by atoms with Crippen molar-refractivity contribution in [1.82, 2.24) is 4.90 Å². The monoisotopic (exact) mass is 407 g/mol. The number of aliphatic carboxylic acids is 1. The molecule has 2 aromatic carbocycles. The van der Waals surface area contributed by atoms with Crippen molar-refractivity contribution in [2.24, 2.45) is 0 Å². The standard InChI is InChI=1S/C21H23Cl2NO3/c1-2-27-19-9-4-3-7-15(19)20(14-10-11-16(22)17(23)13-14)24-12-6-5-8-18(24)21(25)26/h3-4,7,9-11,13,18,20H,2,5-6,8,12H2,1H3,(H,25,26). The van der Waals surface area contributed by atoms with Gasteiger partial charge in [0.1, 0.15) is 11.8 Å². The summed E-state index contributed by atoms with van der Waals surface area (Å²) in [5, 5.41) is 10.7. The van der Waals surface area contributed by atoms with Gasteiger partial charge in [-0.05, 0) is 50.1 Å². The molecule has 1 N–H and O–H groups in total. The summed E-state index contributed by atoms with van der Waals surface area (Å²) in [7, 11) is 0. The van der Waals surface area contributed by atoms with E-state index in [9.17, 15) is 9.90 Å². The molecule has 0 bridgehead atoms. The van der Waals surface area contributed by atoms with Gasteiger partial charge in [-0.2, -0.15) is 0 Å². The Morgan fingerprint density at radius 2 is 2.00 bits per heavy atom. The fourth-order valence-corrected chi connectivity index (χ4v) is 4.06. The van der Waals surface area contributed by atoms with Crippen molar-refractivity contribution >= 4 is 29.2 Å². The molecule has 1 heterocycles. The van der Waals surface area contributed by atoms with Crippen molar-refractivity contribution in [3.05, 3.63) is 63.6 Å². The lowest BCUT2D eigenvalue weighted by molar-refractivity contribution is -0.145.